The van der Waals surface area contributed by atoms with Crippen LogP contribution < -0.4 is 5.32 Å². The van der Waals surface area contributed by atoms with Crippen molar-refractivity contribution >= 4 is 40.7 Å². The van der Waals surface area contributed by atoms with Crippen LogP contribution in [-0.4, -0.2) is 17.8 Å². The Morgan fingerprint density at radius 2 is 1.95 bits per heavy atom. The van der Waals surface area contributed by atoms with Gasteiger partial charge < -0.3 is 5.32 Å². The van der Waals surface area contributed by atoms with Gasteiger partial charge >= 0.3 is 0 Å². The van der Waals surface area contributed by atoms with Crippen LogP contribution in [0.2, 0.25) is 10.0 Å². The third-order valence-electron chi connectivity index (χ3n) is 3.73. The summed E-state index contributed by atoms with van der Waals surface area (Å²) in [5, 5.41) is 4.13. The van der Waals surface area contributed by atoms with Crippen molar-refractivity contribution in [1.29, 1.82) is 0 Å². The summed E-state index contributed by atoms with van der Waals surface area (Å²) in [5.41, 5.74) is 0.864. The van der Waals surface area contributed by atoms with E-state index < -0.39 is 0 Å². The molecule has 0 saturated heterocycles. The highest BCUT2D eigenvalue weighted by atomic mass is 35.5. The number of hydrogen-bond acceptors (Lipinski definition) is 1. The zero-order valence-corrected chi connectivity index (χ0v) is 13.4. The fourth-order valence-electron chi connectivity index (χ4n) is 2.53. The first kappa shape index (κ1) is 15.9. The van der Waals surface area contributed by atoms with Crippen LogP contribution in [0.1, 0.15) is 31.2 Å². The van der Waals surface area contributed by atoms with Gasteiger partial charge in [-0.3, -0.25) is 4.79 Å². The third-order valence-corrected chi connectivity index (χ3v) is 5.04. The Labute approximate surface area is 134 Å². The van der Waals surface area contributed by atoms with Crippen molar-refractivity contribution in [3.05, 3.63) is 33.8 Å². The number of benzene rings is 1. The number of amides is 1. The minimum absolute atomic E-state index is 0.00201. The molecule has 1 N–H and O–H groups in total. The maximum Gasteiger partial charge on any atom is 0.224 e. The lowest BCUT2D eigenvalue weighted by atomic mass is 9.88. The Bertz CT molecular complexity index is 478. The molecule has 0 heterocycles. The van der Waals surface area contributed by atoms with E-state index in [4.69, 9.17) is 34.8 Å². The molecule has 1 aromatic carbocycles. The largest absolute Gasteiger partial charge is 0.355 e. The molecule has 1 aromatic rings. The van der Waals surface area contributed by atoms with Gasteiger partial charge in [0.15, 0.2) is 0 Å². The molecule has 2 atom stereocenters. The van der Waals surface area contributed by atoms with Gasteiger partial charge in [-0.05, 0) is 36.5 Å². The summed E-state index contributed by atoms with van der Waals surface area (Å²) in [4.78, 5) is 11.9. The summed E-state index contributed by atoms with van der Waals surface area (Å²) in [7, 11) is 0. The summed E-state index contributed by atoms with van der Waals surface area (Å²) >= 11 is 18.1. The molecule has 20 heavy (non-hydrogen) atoms. The van der Waals surface area contributed by atoms with Crippen LogP contribution in [0, 0.1) is 5.92 Å². The quantitative estimate of drug-likeness (QED) is 0.810. The molecule has 0 aliphatic heterocycles. The number of rotatable bonds is 4. The molecule has 0 aromatic heterocycles. The Hall–Kier alpha value is -0.440. The Morgan fingerprint density at radius 1 is 1.20 bits per heavy atom. The minimum Gasteiger partial charge on any atom is -0.355 e. The van der Waals surface area contributed by atoms with Crippen molar-refractivity contribution in [2.45, 2.75) is 37.5 Å². The average molecular weight is 335 g/mol. The first-order valence-corrected chi connectivity index (χ1v) is 8.10. The van der Waals surface area contributed by atoms with E-state index in [-0.39, 0.29) is 11.3 Å². The third kappa shape index (κ3) is 4.54. The second kappa shape index (κ2) is 7.53. The summed E-state index contributed by atoms with van der Waals surface area (Å²) in [6.45, 7) is 0.661. The van der Waals surface area contributed by atoms with Crippen LogP contribution in [0.3, 0.4) is 0 Å². The van der Waals surface area contributed by atoms with Crippen molar-refractivity contribution in [2.24, 2.45) is 5.92 Å². The van der Waals surface area contributed by atoms with Crippen LogP contribution in [0.4, 0.5) is 0 Å². The van der Waals surface area contributed by atoms with Crippen LogP contribution in [0.25, 0.3) is 0 Å². The van der Waals surface area contributed by atoms with E-state index in [0.717, 1.165) is 18.4 Å². The number of carbonyl (C=O) groups excluding carboxylic acids is 1. The van der Waals surface area contributed by atoms with Crippen molar-refractivity contribution < 1.29 is 4.79 Å². The molecule has 1 aliphatic rings. The molecule has 1 saturated carbocycles. The fraction of sp³-hybridized carbons (Fsp3) is 0.533. The van der Waals surface area contributed by atoms with E-state index in [2.05, 4.69) is 5.32 Å². The standard InChI is InChI=1S/C15H18Cl3NO/c16-12-4-2-1-3-11(12)9-19-15(20)8-10-5-6-13(17)14(18)7-10/h5-7,11-12H,1-4,8-9H2,(H,19,20). The summed E-state index contributed by atoms with van der Waals surface area (Å²) in [6, 6.07) is 5.26. The molecule has 0 spiro atoms. The zero-order valence-electron chi connectivity index (χ0n) is 11.2. The lowest BCUT2D eigenvalue weighted by Crippen LogP contribution is -2.35. The Kier molecular flexibility index (Phi) is 6.01. The average Bonchev–Trinajstić information content (AvgIpc) is 2.42. The van der Waals surface area contributed by atoms with Gasteiger partial charge in [0.1, 0.15) is 0 Å². The molecule has 2 rings (SSSR count). The number of carbonyl (C=O) groups is 1. The van der Waals surface area contributed by atoms with Gasteiger partial charge in [-0.15, -0.1) is 11.6 Å². The first-order chi connectivity index (χ1) is 9.56. The monoisotopic (exact) mass is 333 g/mol. The molecule has 0 radical (unpaired) electrons. The molecule has 110 valence electrons. The van der Waals surface area contributed by atoms with Gasteiger partial charge in [-0.2, -0.15) is 0 Å². The second-order valence-electron chi connectivity index (χ2n) is 5.29. The van der Waals surface area contributed by atoms with E-state index in [1.165, 1.54) is 12.8 Å². The number of nitrogens with one attached hydrogen (secondary N) is 1. The number of alkyl halides is 1. The maximum absolute atomic E-state index is 11.9. The van der Waals surface area contributed by atoms with E-state index in [1.54, 1.807) is 12.1 Å². The van der Waals surface area contributed by atoms with Crippen molar-refractivity contribution in [3.63, 3.8) is 0 Å². The number of halogens is 3. The lowest BCUT2D eigenvalue weighted by molar-refractivity contribution is -0.120. The van der Waals surface area contributed by atoms with Crippen LogP contribution in [0.15, 0.2) is 18.2 Å². The van der Waals surface area contributed by atoms with Gasteiger partial charge in [-0.25, -0.2) is 0 Å². The minimum atomic E-state index is -0.00201. The number of hydrogen-bond donors (Lipinski definition) is 1. The van der Waals surface area contributed by atoms with E-state index in [1.807, 2.05) is 6.07 Å². The topological polar surface area (TPSA) is 29.1 Å². The summed E-state index contributed by atoms with van der Waals surface area (Å²) in [6.07, 6.45) is 4.87. The van der Waals surface area contributed by atoms with Crippen molar-refractivity contribution in [2.75, 3.05) is 6.54 Å². The van der Waals surface area contributed by atoms with E-state index >= 15 is 0 Å². The first-order valence-electron chi connectivity index (χ1n) is 6.91. The van der Waals surface area contributed by atoms with E-state index in [0.29, 0.717) is 28.9 Å². The van der Waals surface area contributed by atoms with Gasteiger partial charge in [0.25, 0.3) is 0 Å². The molecule has 1 aliphatic carbocycles. The highest BCUT2D eigenvalue weighted by molar-refractivity contribution is 6.42. The van der Waals surface area contributed by atoms with Gasteiger partial charge in [0.05, 0.1) is 16.5 Å². The van der Waals surface area contributed by atoms with Crippen LogP contribution >= 0.6 is 34.8 Å². The molecular weight excluding hydrogens is 317 g/mol. The van der Waals surface area contributed by atoms with Crippen molar-refractivity contribution in [1.82, 2.24) is 5.32 Å². The predicted octanol–water partition coefficient (Wildman–Crippen LogP) is 4.45. The molecule has 1 amide bonds. The SMILES string of the molecule is O=C(Cc1ccc(Cl)c(Cl)c1)NCC1CCCCC1Cl. The second-order valence-corrected chi connectivity index (χ2v) is 6.66. The highest BCUT2D eigenvalue weighted by Crippen LogP contribution is 2.28. The molecule has 2 nitrogen and oxygen atoms in total. The van der Waals surface area contributed by atoms with Gasteiger partial charge in [-0.1, -0.05) is 42.1 Å². The highest BCUT2D eigenvalue weighted by Gasteiger charge is 2.23. The van der Waals surface area contributed by atoms with E-state index in [9.17, 15) is 4.79 Å². The predicted molar refractivity (Wildman–Crippen MR) is 84.8 cm³/mol. The normalized spacial score (nSPS) is 22.6. The molecule has 5 heteroatoms. The summed E-state index contributed by atoms with van der Waals surface area (Å²) in [5.74, 6) is 0.390. The summed E-state index contributed by atoms with van der Waals surface area (Å²) < 4.78 is 0. The van der Waals surface area contributed by atoms with Gasteiger partial charge in [0, 0.05) is 11.9 Å². The Balaban J connectivity index is 1.81. The Morgan fingerprint density at radius 3 is 2.65 bits per heavy atom. The van der Waals surface area contributed by atoms with Crippen molar-refractivity contribution in [3.8, 4) is 0 Å². The molecular formula is C15H18Cl3NO. The molecule has 1 fully saturated rings. The fourth-order valence-corrected chi connectivity index (χ4v) is 3.22. The smallest absolute Gasteiger partial charge is 0.224 e. The van der Waals surface area contributed by atoms with Crippen LogP contribution in [0.5, 0.6) is 0 Å². The molecule has 2 unspecified atom stereocenters. The lowest BCUT2D eigenvalue weighted by Gasteiger charge is -2.27. The maximum atomic E-state index is 11.9. The molecule has 0 bridgehead atoms. The van der Waals surface area contributed by atoms with Crippen LogP contribution in [-0.2, 0) is 11.2 Å². The zero-order chi connectivity index (χ0) is 14.5. The van der Waals surface area contributed by atoms with Gasteiger partial charge in [0.2, 0.25) is 5.91 Å².